The smallest absolute Gasteiger partial charge is 0.229 e. The van der Waals surface area contributed by atoms with Gasteiger partial charge < -0.3 is 15.6 Å². The number of hydrogen-bond acceptors (Lipinski definition) is 6. The molecule has 0 aromatic heterocycles. The highest BCUT2D eigenvalue weighted by Crippen LogP contribution is 2.36. The summed E-state index contributed by atoms with van der Waals surface area (Å²) in [7, 11) is -3.60. The number of Topliss-reactive ketones (excluding diaryl/α,β-unsaturated/α-hetero) is 1. The predicted octanol–water partition coefficient (Wildman–Crippen LogP) is 1.70. The highest BCUT2D eigenvalue weighted by atomic mass is 32.2. The fraction of sp³-hybridized carbons (Fsp3) is 0.133. The number of carbonyl (C=O) groups excluding carboxylic acids is 1. The van der Waals surface area contributed by atoms with Crippen LogP contribution < -0.4 is 15.2 Å². The number of carbonyl (C=O) groups is 1. The maximum Gasteiger partial charge on any atom is 0.229 e. The van der Waals surface area contributed by atoms with E-state index in [0.717, 1.165) is 12.3 Å². The number of aromatic hydroxyl groups is 1. The van der Waals surface area contributed by atoms with E-state index in [4.69, 9.17) is 10.5 Å². The average molecular weight is 336 g/mol. The van der Waals surface area contributed by atoms with Gasteiger partial charge >= 0.3 is 0 Å². The number of ether oxygens (including phenoxy) is 1. The van der Waals surface area contributed by atoms with E-state index in [-0.39, 0.29) is 29.3 Å². The number of hydrogen-bond donors (Lipinski definition) is 3. The Balaban J connectivity index is 2.52. The van der Waals surface area contributed by atoms with E-state index in [1.807, 2.05) is 0 Å². The monoisotopic (exact) mass is 336 g/mol. The topological polar surface area (TPSA) is 119 Å². The molecular weight excluding hydrogens is 320 g/mol. The second kappa shape index (κ2) is 6.67. The Labute approximate surface area is 133 Å². The number of anilines is 1. The van der Waals surface area contributed by atoms with Crippen LogP contribution in [0.3, 0.4) is 0 Å². The van der Waals surface area contributed by atoms with E-state index >= 15 is 0 Å². The fourth-order valence-corrected chi connectivity index (χ4v) is 2.44. The highest BCUT2D eigenvalue weighted by molar-refractivity contribution is 7.92. The van der Waals surface area contributed by atoms with E-state index in [0.29, 0.717) is 5.75 Å². The molecule has 0 aliphatic rings. The Kier molecular flexibility index (Phi) is 4.87. The molecule has 2 aromatic carbocycles. The van der Waals surface area contributed by atoms with Gasteiger partial charge in [-0.25, -0.2) is 8.42 Å². The van der Waals surface area contributed by atoms with E-state index in [1.165, 1.54) is 6.07 Å². The summed E-state index contributed by atoms with van der Waals surface area (Å²) in [6.45, 7) is -0.294. The molecule has 0 aliphatic heterocycles. The summed E-state index contributed by atoms with van der Waals surface area (Å²) < 4.78 is 30.8. The van der Waals surface area contributed by atoms with Crippen molar-refractivity contribution in [3.05, 3.63) is 48.0 Å². The van der Waals surface area contributed by atoms with Crippen LogP contribution in [0.1, 0.15) is 10.4 Å². The van der Waals surface area contributed by atoms with Gasteiger partial charge in [0.15, 0.2) is 11.5 Å². The van der Waals surface area contributed by atoms with Crippen LogP contribution in [0.2, 0.25) is 0 Å². The first-order chi connectivity index (χ1) is 10.8. The molecule has 0 fully saturated rings. The summed E-state index contributed by atoms with van der Waals surface area (Å²) in [6.07, 6.45) is 0.968. The highest BCUT2D eigenvalue weighted by Gasteiger charge is 2.18. The zero-order valence-electron chi connectivity index (χ0n) is 12.3. The molecule has 0 amide bonds. The molecule has 0 atom stereocenters. The minimum atomic E-state index is -3.60. The van der Waals surface area contributed by atoms with Gasteiger partial charge in [-0.15, -0.1) is 0 Å². The largest absolute Gasteiger partial charge is 0.507 e. The van der Waals surface area contributed by atoms with Gasteiger partial charge in [-0.05, 0) is 18.2 Å². The summed E-state index contributed by atoms with van der Waals surface area (Å²) in [5.74, 6) is -0.351. The van der Waals surface area contributed by atoms with E-state index < -0.39 is 15.8 Å². The van der Waals surface area contributed by atoms with Crippen molar-refractivity contribution in [1.29, 1.82) is 0 Å². The number of nitrogens with one attached hydrogen (secondary N) is 1. The lowest BCUT2D eigenvalue weighted by Gasteiger charge is -2.14. The van der Waals surface area contributed by atoms with Crippen molar-refractivity contribution in [1.82, 2.24) is 0 Å². The lowest BCUT2D eigenvalue weighted by atomic mass is 10.1. The molecular formula is C15H16N2O5S. The lowest BCUT2D eigenvalue weighted by molar-refractivity contribution is 0.0998. The molecule has 2 rings (SSSR count). The van der Waals surface area contributed by atoms with Crippen LogP contribution in [0.4, 0.5) is 5.69 Å². The van der Waals surface area contributed by atoms with E-state index in [9.17, 15) is 18.3 Å². The molecule has 0 saturated carbocycles. The third kappa shape index (κ3) is 4.44. The number of rotatable bonds is 6. The summed E-state index contributed by atoms with van der Waals surface area (Å²) in [4.78, 5) is 11.8. The molecule has 0 heterocycles. The van der Waals surface area contributed by atoms with Gasteiger partial charge in [0.2, 0.25) is 10.0 Å². The normalized spacial score (nSPS) is 11.0. The Morgan fingerprint density at radius 3 is 2.48 bits per heavy atom. The average Bonchev–Trinajstić information content (AvgIpc) is 2.48. The van der Waals surface area contributed by atoms with Crippen LogP contribution in [0.15, 0.2) is 42.5 Å². The van der Waals surface area contributed by atoms with Crippen LogP contribution in [0.5, 0.6) is 17.2 Å². The third-order valence-corrected chi connectivity index (χ3v) is 3.44. The quantitative estimate of drug-likeness (QED) is 0.691. The number of phenolic OH excluding ortho intramolecular Hbond substituents is 1. The first-order valence-electron chi connectivity index (χ1n) is 6.61. The van der Waals surface area contributed by atoms with Crippen LogP contribution in [-0.2, 0) is 10.0 Å². The second-order valence-electron chi connectivity index (χ2n) is 4.78. The first-order valence-corrected chi connectivity index (χ1v) is 8.50. The summed E-state index contributed by atoms with van der Waals surface area (Å²) in [5, 5.41) is 9.91. The number of phenols is 1. The summed E-state index contributed by atoms with van der Waals surface area (Å²) in [6, 6.07) is 11.0. The minimum absolute atomic E-state index is 0.0161. The van der Waals surface area contributed by atoms with Crippen molar-refractivity contribution in [2.75, 3.05) is 17.5 Å². The van der Waals surface area contributed by atoms with Crippen molar-refractivity contribution in [3.63, 3.8) is 0 Å². The molecule has 122 valence electrons. The molecule has 0 aliphatic carbocycles. The van der Waals surface area contributed by atoms with Crippen molar-refractivity contribution in [2.45, 2.75) is 0 Å². The SMILES string of the molecule is CS(=O)(=O)Nc1cc(O)c(C(=O)CN)cc1Oc1ccccc1. The molecule has 0 unspecified atom stereocenters. The molecule has 0 spiro atoms. The van der Waals surface area contributed by atoms with Crippen molar-refractivity contribution >= 4 is 21.5 Å². The van der Waals surface area contributed by atoms with Gasteiger partial charge in [0.1, 0.15) is 11.5 Å². The van der Waals surface area contributed by atoms with Gasteiger partial charge in [-0.1, -0.05) is 18.2 Å². The zero-order valence-corrected chi connectivity index (χ0v) is 13.1. The molecule has 7 nitrogen and oxygen atoms in total. The first kappa shape index (κ1) is 16.8. The van der Waals surface area contributed by atoms with Gasteiger partial charge in [0, 0.05) is 6.07 Å². The number of benzene rings is 2. The molecule has 0 saturated heterocycles. The second-order valence-corrected chi connectivity index (χ2v) is 6.53. The molecule has 2 aromatic rings. The summed E-state index contributed by atoms with van der Waals surface area (Å²) >= 11 is 0. The number of sulfonamides is 1. The van der Waals surface area contributed by atoms with E-state index in [2.05, 4.69) is 4.72 Å². The van der Waals surface area contributed by atoms with Gasteiger partial charge in [0.05, 0.1) is 24.1 Å². The molecule has 8 heteroatoms. The van der Waals surface area contributed by atoms with Gasteiger partial charge in [-0.3, -0.25) is 9.52 Å². The Morgan fingerprint density at radius 2 is 1.91 bits per heavy atom. The molecule has 0 radical (unpaired) electrons. The van der Waals surface area contributed by atoms with Crippen molar-refractivity contribution in [2.24, 2.45) is 5.73 Å². The van der Waals surface area contributed by atoms with Crippen LogP contribution in [0, 0.1) is 0 Å². The van der Waals surface area contributed by atoms with Gasteiger partial charge in [-0.2, -0.15) is 0 Å². The third-order valence-electron chi connectivity index (χ3n) is 2.85. The van der Waals surface area contributed by atoms with Crippen LogP contribution in [0.25, 0.3) is 0 Å². The van der Waals surface area contributed by atoms with Crippen LogP contribution in [-0.4, -0.2) is 32.1 Å². The maximum absolute atomic E-state index is 11.8. The Bertz CT molecular complexity index is 819. The maximum atomic E-state index is 11.8. The minimum Gasteiger partial charge on any atom is -0.507 e. The zero-order chi connectivity index (χ0) is 17.0. The molecule has 4 N–H and O–H groups in total. The number of para-hydroxylation sites is 1. The van der Waals surface area contributed by atoms with Crippen LogP contribution >= 0.6 is 0 Å². The summed E-state index contributed by atoms with van der Waals surface area (Å²) in [5.41, 5.74) is 5.27. The standard InChI is InChI=1S/C15H16N2O5S/c1-23(20,21)17-12-8-13(18)11(14(19)9-16)7-15(12)22-10-5-3-2-4-6-10/h2-8,17-18H,9,16H2,1H3. The Hall–Kier alpha value is -2.58. The van der Waals surface area contributed by atoms with Gasteiger partial charge in [0.25, 0.3) is 0 Å². The Morgan fingerprint density at radius 1 is 1.26 bits per heavy atom. The van der Waals surface area contributed by atoms with Crippen molar-refractivity contribution in [3.8, 4) is 17.2 Å². The molecule has 23 heavy (non-hydrogen) atoms. The molecule has 0 bridgehead atoms. The number of ketones is 1. The fourth-order valence-electron chi connectivity index (χ4n) is 1.88. The predicted molar refractivity (Wildman–Crippen MR) is 86.5 cm³/mol. The van der Waals surface area contributed by atoms with E-state index in [1.54, 1.807) is 30.3 Å². The lowest BCUT2D eigenvalue weighted by Crippen LogP contribution is -2.15. The van der Waals surface area contributed by atoms with Crippen molar-refractivity contribution < 1.29 is 23.1 Å². The number of nitrogens with two attached hydrogens (primary N) is 1.